The molecule has 1 atom stereocenters. The summed E-state index contributed by atoms with van der Waals surface area (Å²) in [7, 11) is 0. The lowest BCUT2D eigenvalue weighted by molar-refractivity contribution is -0.132. The van der Waals surface area contributed by atoms with E-state index < -0.39 is 11.6 Å². The van der Waals surface area contributed by atoms with Crippen molar-refractivity contribution in [1.82, 2.24) is 20.4 Å². The van der Waals surface area contributed by atoms with E-state index in [0.29, 0.717) is 12.3 Å². The van der Waals surface area contributed by atoms with Crippen molar-refractivity contribution < 1.29 is 14.0 Å². The van der Waals surface area contributed by atoms with Crippen molar-refractivity contribution in [3.8, 4) is 0 Å². The van der Waals surface area contributed by atoms with Gasteiger partial charge in [-0.3, -0.25) is 9.69 Å². The molecule has 2 aromatic heterocycles. The number of aromatic nitrogens is 2. The third-order valence-electron chi connectivity index (χ3n) is 4.20. The predicted molar refractivity (Wildman–Crippen MR) is 77.1 cm³/mol. The number of nitrogens with one attached hydrogen (secondary N) is 1. The van der Waals surface area contributed by atoms with Crippen molar-refractivity contribution in [2.24, 2.45) is 0 Å². The summed E-state index contributed by atoms with van der Waals surface area (Å²) in [5, 5.41) is 12.4. The molecule has 1 aliphatic heterocycles. The van der Waals surface area contributed by atoms with Gasteiger partial charge in [-0.1, -0.05) is 0 Å². The Morgan fingerprint density at radius 2 is 2.32 bits per heavy atom. The molecule has 0 radical (unpaired) electrons. The summed E-state index contributed by atoms with van der Waals surface area (Å²) in [5.74, 6) is 0.446. The fourth-order valence-electron chi connectivity index (χ4n) is 3.22. The summed E-state index contributed by atoms with van der Waals surface area (Å²) in [5.41, 5.74) is 0.0195. The molecule has 114 valence electrons. The van der Waals surface area contributed by atoms with Crippen LogP contribution >= 0.6 is 11.3 Å². The highest BCUT2D eigenvalue weighted by Gasteiger charge is 2.54. The Hall–Kier alpha value is -2.22. The highest BCUT2D eigenvalue weighted by atomic mass is 32.1. The van der Waals surface area contributed by atoms with Crippen LogP contribution in [-0.2, 0) is 23.3 Å². The minimum atomic E-state index is -0.917. The van der Waals surface area contributed by atoms with Gasteiger partial charge < -0.3 is 9.73 Å². The van der Waals surface area contributed by atoms with Crippen molar-refractivity contribution in [2.75, 3.05) is 0 Å². The molecule has 1 fully saturated rings. The molecule has 4 rings (SSSR count). The van der Waals surface area contributed by atoms with Crippen LogP contribution in [0.25, 0.3) is 0 Å². The van der Waals surface area contributed by atoms with Crippen LogP contribution in [0.2, 0.25) is 0 Å². The van der Waals surface area contributed by atoms with Crippen LogP contribution in [0.1, 0.15) is 35.1 Å². The molecule has 7 nitrogen and oxygen atoms in total. The molecular weight excluding hydrogens is 304 g/mol. The summed E-state index contributed by atoms with van der Waals surface area (Å²) in [4.78, 5) is 27.6. The van der Waals surface area contributed by atoms with Crippen LogP contribution in [0.4, 0.5) is 4.79 Å². The van der Waals surface area contributed by atoms with Crippen molar-refractivity contribution in [1.29, 1.82) is 0 Å². The molecule has 1 spiro atoms. The topological polar surface area (TPSA) is 88.3 Å². The summed E-state index contributed by atoms with van der Waals surface area (Å²) < 4.78 is 5.28. The average Bonchev–Trinajstić information content (AvgIpc) is 3.17. The number of fused-ring (bicyclic) bond motifs is 2. The maximum atomic E-state index is 12.9. The summed E-state index contributed by atoms with van der Waals surface area (Å²) in [6, 6.07) is 1.54. The zero-order chi connectivity index (χ0) is 15.3. The quantitative estimate of drug-likeness (QED) is 0.852. The van der Waals surface area contributed by atoms with E-state index in [1.54, 1.807) is 18.3 Å². The predicted octanol–water partition coefficient (Wildman–Crippen LogP) is 1.72. The first-order chi connectivity index (χ1) is 10.6. The normalized spacial score (nSPS) is 24.0. The number of carbonyl (C=O) groups excluding carboxylic acids is 2. The lowest BCUT2D eigenvalue weighted by Gasteiger charge is -2.31. The highest BCUT2D eigenvalue weighted by Crippen LogP contribution is 2.42. The van der Waals surface area contributed by atoms with Gasteiger partial charge in [0.05, 0.1) is 0 Å². The molecule has 8 heteroatoms. The van der Waals surface area contributed by atoms with E-state index in [0.717, 1.165) is 18.4 Å². The first kappa shape index (κ1) is 13.4. The average molecular weight is 318 g/mol. The molecule has 1 aliphatic carbocycles. The second kappa shape index (κ2) is 4.64. The Balaban J connectivity index is 1.68. The van der Waals surface area contributed by atoms with Crippen LogP contribution in [0.3, 0.4) is 0 Å². The maximum absolute atomic E-state index is 12.9. The number of rotatable bonds is 2. The minimum Gasteiger partial charge on any atom is -0.424 e. The van der Waals surface area contributed by atoms with Gasteiger partial charge in [-0.15, -0.1) is 21.5 Å². The standard InChI is InChI=1S/C14H14N4O3S/c1-8-16-17-11(21-8)7-18-12(19)14(15-13(18)20)5-2-3-10-9(14)4-6-22-10/h4,6H,2-3,5,7H2,1H3,(H,15,20). The van der Waals surface area contributed by atoms with Gasteiger partial charge >= 0.3 is 6.03 Å². The molecule has 2 aliphatic rings. The lowest BCUT2D eigenvalue weighted by atomic mass is 9.80. The third-order valence-corrected chi connectivity index (χ3v) is 5.18. The van der Waals surface area contributed by atoms with E-state index in [1.807, 2.05) is 11.4 Å². The van der Waals surface area contributed by atoms with E-state index in [4.69, 9.17) is 4.42 Å². The van der Waals surface area contributed by atoms with Gasteiger partial charge in [0.1, 0.15) is 12.1 Å². The maximum Gasteiger partial charge on any atom is 0.325 e. The Morgan fingerprint density at radius 1 is 1.45 bits per heavy atom. The van der Waals surface area contributed by atoms with E-state index >= 15 is 0 Å². The van der Waals surface area contributed by atoms with Gasteiger partial charge in [-0.05, 0) is 30.7 Å². The second-order valence-corrected chi connectivity index (χ2v) is 6.55. The molecule has 2 aromatic rings. The Morgan fingerprint density at radius 3 is 3.09 bits per heavy atom. The molecule has 0 bridgehead atoms. The van der Waals surface area contributed by atoms with Gasteiger partial charge in [0.15, 0.2) is 0 Å². The smallest absolute Gasteiger partial charge is 0.325 e. The number of hydrogen-bond donors (Lipinski definition) is 1. The van der Waals surface area contributed by atoms with Gasteiger partial charge in [0, 0.05) is 17.4 Å². The third kappa shape index (κ3) is 1.80. The number of carbonyl (C=O) groups is 2. The number of nitrogens with zero attached hydrogens (tertiary/aromatic N) is 3. The van der Waals surface area contributed by atoms with E-state index in [9.17, 15) is 9.59 Å². The molecule has 0 aromatic carbocycles. The molecule has 1 unspecified atom stereocenters. The van der Waals surface area contributed by atoms with E-state index in [1.165, 1.54) is 9.78 Å². The number of urea groups is 1. The van der Waals surface area contributed by atoms with Gasteiger partial charge in [-0.25, -0.2) is 4.79 Å². The minimum absolute atomic E-state index is 0.00667. The zero-order valence-electron chi connectivity index (χ0n) is 12.0. The monoisotopic (exact) mass is 318 g/mol. The Bertz CT molecular complexity index is 768. The van der Waals surface area contributed by atoms with Crippen LogP contribution in [0, 0.1) is 6.92 Å². The Kier molecular flexibility index (Phi) is 2.83. The number of thiophene rings is 1. The van der Waals surface area contributed by atoms with Gasteiger partial charge in [-0.2, -0.15) is 0 Å². The van der Waals surface area contributed by atoms with Crippen molar-refractivity contribution >= 4 is 23.3 Å². The van der Waals surface area contributed by atoms with E-state index in [-0.39, 0.29) is 18.3 Å². The number of hydrogen-bond acceptors (Lipinski definition) is 6. The number of amides is 3. The molecule has 22 heavy (non-hydrogen) atoms. The summed E-state index contributed by atoms with van der Waals surface area (Å²) in [6.07, 6.45) is 2.47. The molecular formula is C14H14N4O3S. The van der Waals surface area contributed by atoms with Crippen molar-refractivity contribution in [3.05, 3.63) is 33.7 Å². The van der Waals surface area contributed by atoms with Gasteiger partial charge in [0.2, 0.25) is 11.8 Å². The first-order valence-corrected chi connectivity index (χ1v) is 7.98. The van der Waals surface area contributed by atoms with E-state index in [2.05, 4.69) is 15.5 Å². The summed E-state index contributed by atoms with van der Waals surface area (Å²) in [6.45, 7) is 1.68. The largest absolute Gasteiger partial charge is 0.424 e. The fourth-order valence-corrected chi connectivity index (χ4v) is 4.22. The van der Waals surface area contributed by atoms with Gasteiger partial charge in [0.25, 0.3) is 5.91 Å². The molecule has 3 amide bonds. The second-order valence-electron chi connectivity index (χ2n) is 5.55. The van der Waals surface area contributed by atoms with Crippen LogP contribution in [0.15, 0.2) is 15.9 Å². The number of aryl methyl sites for hydroxylation is 2. The van der Waals surface area contributed by atoms with Crippen molar-refractivity contribution in [2.45, 2.75) is 38.3 Å². The fraction of sp³-hybridized carbons (Fsp3) is 0.429. The Labute approximate surface area is 130 Å². The van der Waals surface area contributed by atoms with Crippen LogP contribution < -0.4 is 5.32 Å². The van der Waals surface area contributed by atoms with Crippen LogP contribution in [-0.4, -0.2) is 27.0 Å². The molecule has 1 N–H and O–H groups in total. The van der Waals surface area contributed by atoms with Crippen molar-refractivity contribution in [3.63, 3.8) is 0 Å². The molecule has 3 heterocycles. The zero-order valence-corrected chi connectivity index (χ0v) is 12.8. The van der Waals surface area contributed by atoms with Crippen LogP contribution in [0.5, 0.6) is 0 Å². The SMILES string of the molecule is Cc1nnc(CN2C(=O)NC3(CCCc4sccc43)C2=O)o1. The lowest BCUT2D eigenvalue weighted by Crippen LogP contribution is -2.46. The molecule has 1 saturated heterocycles. The molecule has 0 saturated carbocycles. The summed E-state index contributed by atoms with van der Waals surface area (Å²) >= 11 is 1.64. The highest BCUT2D eigenvalue weighted by molar-refractivity contribution is 7.10. The first-order valence-electron chi connectivity index (χ1n) is 7.10. The number of imide groups is 1.